The quantitative estimate of drug-likeness (QED) is 0.902. The molecule has 2 heterocycles. The summed E-state index contributed by atoms with van der Waals surface area (Å²) in [5.41, 5.74) is 2.37. The van der Waals surface area contributed by atoms with Crippen LogP contribution in [0.25, 0.3) is 0 Å². The first-order chi connectivity index (χ1) is 9.72. The molecule has 0 saturated heterocycles. The molecule has 1 saturated carbocycles. The highest BCUT2D eigenvalue weighted by atomic mass is 16.5. The van der Waals surface area contributed by atoms with Gasteiger partial charge >= 0.3 is 6.09 Å². The highest BCUT2D eigenvalue weighted by Crippen LogP contribution is 2.25. The van der Waals surface area contributed by atoms with Crippen LogP contribution in [0.1, 0.15) is 29.8 Å². The largest absolute Gasteiger partial charge is 0.463 e. The van der Waals surface area contributed by atoms with Crippen LogP contribution in [-0.2, 0) is 17.8 Å². The highest BCUT2D eigenvalue weighted by Gasteiger charge is 2.23. The van der Waals surface area contributed by atoms with Crippen LogP contribution in [0.4, 0.5) is 4.79 Å². The Kier molecular flexibility index (Phi) is 3.47. The van der Waals surface area contributed by atoms with Gasteiger partial charge in [-0.05, 0) is 25.0 Å². The summed E-state index contributed by atoms with van der Waals surface area (Å²) in [6.45, 7) is 0.403. The van der Waals surface area contributed by atoms with Gasteiger partial charge in [0.25, 0.3) is 0 Å². The molecule has 1 N–H and O–H groups in total. The number of carboxylic acid groups (broad SMARTS) is 1. The third-order valence-corrected chi connectivity index (χ3v) is 3.15. The van der Waals surface area contributed by atoms with Crippen LogP contribution in [0.3, 0.4) is 0 Å². The molecular weight excluding hydrogens is 258 g/mol. The molecule has 0 radical (unpaired) electrons. The van der Waals surface area contributed by atoms with Gasteiger partial charge in [0.1, 0.15) is 0 Å². The van der Waals surface area contributed by atoms with Crippen LogP contribution in [0, 0.1) is 0 Å². The molecule has 2 aromatic heterocycles. The smallest absolute Gasteiger partial charge is 0.432 e. The van der Waals surface area contributed by atoms with Gasteiger partial charge in [0.15, 0.2) is 0 Å². The Bertz CT molecular complexity index is 605. The van der Waals surface area contributed by atoms with Crippen molar-refractivity contribution in [2.45, 2.75) is 32.0 Å². The van der Waals surface area contributed by atoms with Crippen LogP contribution in [0.2, 0.25) is 0 Å². The van der Waals surface area contributed by atoms with Gasteiger partial charge in [0.05, 0.1) is 18.4 Å². The van der Waals surface area contributed by atoms with E-state index >= 15 is 0 Å². The maximum Gasteiger partial charge on any atom is 0.432 e. The normalized spacial score (nSPS) is 14.4. The van der Waals surface area contributed by atoms with Gasteiger partial charge in [-0.3, -0.25) is 4.98 Å². The van der Waals surface area contributed by atoms with E-state index in [-0.39, 0.29) is 0 Å². The molecule has 1 aliphatic carbocycles. The van der Waals surface area contributed by atoms with Crippen LogP contribution < -0.4 is 0 Å². The summed E-state index contributed by atoms with van der Waals surface area (Å²) in [6, 6.07) is 5.64. The Morgan fingerprint density at radius 3 is 2.95 bits per heavy atom. The minimum atomic E-state index is -1.09. The number of carbonyl (C=O) groups is 1. The molecule has 0 aliphatic heterocycles. The summed E-state index contributed by atoms with van der Waals surface area (Å²) in [5.74, 6) is 0. The van der Waals surface area contributed by atoms with Crippen molar-refractivity contribution in [2.24, 2.45) is 0 Å². The fourth-order valence-corrected chi connectivity index (χ4v) is 1.93. The second-order valence-electron chi connectivity index (χ2n) is 4.84. The Balaban J connectivity index is 1.80. The summed E-state index contributed by atoms with van der Waals surface area (Å²) >= 11 is 0. The summed E-state index contributed by atoms with van der Waals surface area (Å²) < 4.78 is 6.58. The lowest BCUT2D eigenvalue weighted by atomic mass is 10.1. The zero-order valence-electron chi connectivity index (χ0n) is 10.9. The monoisotopic (exact) mass is 273 g/mol. The molecule has 0 amide bonds. The van der Waals surface area contributed by atoms with Crippen molar-refractivity contribution in [3.63, 3.8) is 0 Å². The number of nitrogens with zero attached hydrogens (tertiary/aromatic N) is 3. The van der Waals surface area contributed by atoms with E-state index in [9.17, 15) is 4.79 Å². The van der Waals surface area contributed by atoms with Gasteiger partial charge in [-0.1, -0.05) is 6.07 Å². The zero-order valence-corrected chi connectivity index (χ0v) is 10.9. The fraction of sp³-hybridized carbons (Fsp3) is 0.357. The van der Waals surface area contributed by atoms with Gasteiger partial charge in [0, 0.05) is 30.1 Å². The summed E-state index contributed by atoms with van der Waals surface area (Å²) in [6.07, 6.45) is 5.14. The van der Waals surface area contributed by atoms with Gasteiger partial charge in [-0.2, -0.15) is 9.78 Å². The number of rotatable bonds is 5. The molecule has 3 rings (SSSR count). The van der Waals surface area contributed by atoms with E-state index in [1.807, 2.05) is 18.2 Å². The van der Waals surface area contributed by atoms with Crippen LogP contribution in [0.15, 0.2) is 30.6 Å². The second-order valence-corrected chi connectivity index (χ2v) is 4.84. The molecule has 0 spiro atoms. The molecule has 0 bridgehead atoms. The second kappa shape index (κ2) is 5.42. The minimum absolute atomic E-state index is 0.325. The summed E-state index contributed by atoms with van der Waals surface area (Å²) in [5, 5.41) is 13.1. The number of hydrogen-bond acceptors (Lipinski definition) is 4. The van der Waals surface area contributed by atoms with E-state index in [2.05, 4.69) is 10.1 Å². The molecule has 20 heavy (non-hydrogen) atoms. The van der Waals surface area contributed by atoms with Crippen molar-refractivity contribution >= 4 is 6.09 Å². The maximum atomic E-state index is 11.0. The van der Waals surface area contributed by atoms with Crippen molar-refractivity contribution in [2.75, 3.05) is 0 Å². The molecule has 6 heteroatoms. The van der Waals surface area contributed by atoms with Crippen molar-refractivity contribution in [3.8, 4) is 0 Å². The predicted octanol–water partition coefficient (Wildman–Crippen LogP) is 2.07. The van der Waals surface area contributed by atoms with Gasteiger partial charge < -0.3 is 9.84 Å². The SMILES string of the molecule is O=C(O)n1cc(COC2CC2)c(Cc2ccccn2)n1. The number of aromatic nitrogens is 3. The van der Waals surface area contributed by atoms with E-state index < -0.39 is 6.09 Å². The molecule has 6 nitrogen and oxygen atoms in total. The lowest BCUT2D eigenvalue weighted by Crippen LogP contribution is -2.08. The van der Waals surface area contributed by atoms with E-state index in [0.717, 1.165) is 28.8 Å². The first-order valence-electron chi connectivity index (χ1n) is 6.54. The molecule has 104 valence electrons. The maximum absolute atomic E-state index is 11.0. The fourth-order valence-electron chi connectivity index (χ4n) is 1.93. The Morgan fingerprint density at radius 2 is 2.30 bits per heavy atom. The first kappa shape index (κ1) is 12.8. The van der Waals surface area contributed by atoms with Crippen molar-refractivity contribution in [1.29, 1.82) is 0 Å². The number of pyridine rings is 1. The third kappa shape index (κ3) is 3.03. The Labute approximate surface area is 116 Å². The molecule has 1 fully saturated rings. The van der Waals surface area contributed by atoms with E-state index in [1.54, 1.807) is 6.20 Å². The highest BCUT2D eigenvalue weighted by molar-refractivity contribution is 5.67. The topological polar surface area (TPSA) is 77.2 Å². The minimum Gasteiger partial charge on any atom is -0.463 e. The van der Waals surface area contributed by atoms with Gasteiger partial charge in [-0.25, -0.2) is 4.79 Å². The van der Waals surface area contributed by atoms with E-state index in [1.165, 1.54) is 6.20 Å². The number of ether oxygens (including phenoxy) is 1. The van der Waals surface area contributed by atoms with Crippen molar-refractivity contribution in [3.05, 3.63) is 47.5 Å². The van der Waals surface area contributed by atoms with E-state index in [0.29, 0.717) is 24.8 Å². The first-order valence-corrected chi connectivity index (χ1v) is 6.54. The molecule has 0 aromatic carbocycles. The van der Waals surface area contributed by atoms with Gasteiger partial charge in [0.2, 0.25) is 0 Å². The average molecular weight is 273 g/mol. The molecule has 0 unspecified atom stereocenters. The summed E-state index contributed by atoms with van der Waals surface area (Å²) in [4.78, 5) is 15.3. The van der Waals surface area contributed by atoms with Crippen molar-refractivity contribution < 1.29 is 14.6 Å². The molecular formula is C14H15N3O3. The number of hydrogen-bond donors (Lipinski definition) is 1. The Morgan fingerprint density at radius 1 is 1.45 bits per heavy atom. The van der Waals surface area contributed by atoms with Crippen LogP contribution in [-0.4, -0.2) is 32.1 Å². The van der Waals surface area contributed by atoms with Crippen molar-refractivity contribution in [1.82, 2.24) is 14.8 Å². The van der Waals surface area contributed by atoms with E-state index in [4.69, 9.17) is 9.84 Å². The standard InChI is InChI=1S/C14H15N3O3/c18-14(19)17-8-10(9-20-12-4-5-12)13(16-17)7-11-3-1-2-6-15-11/h1-3,6,8,12H,4-5,7,9H2,(H,18,19). The lowest BCUT2D eigenvalue weighted by molar-refractivity contribution is 0.105. The average Bonchev–Trinajstić information content (AvgIpc) is 3.19. The molecule has 2 aromatic rings. The van der Waals surface area contributed by atoms with Crippen LogP contribution in [0.5, 0.6) is 0 Å². The van der Waals surface area contributed by atoms with Crippen LogP contribution >= 0.6 is 0 Å². The Hall–Kier alpha value is -2.21. The molecule has 0 atom stereocenters. The lowest BCUT2D eigenvalue weighted by Gasteiger charge is -2.02. The molecule has 1 aliphatic rings. The van der Waals surface area contributed by atoms with Gasteiger partial charge in [-0.15, -0.1) is 0 Å². The third-order valence-electron chi connectivity index (χ3n) is 3.15. The zero-order chi connectivity index (χ0) is 13.9. The summed E-state index contributed by atoms with van der Waals surface area (Å²) in [7, 11) is 0. The predicted molar refractivity (Wildman–Crippen MR) is 70.5 cm³/mol.